The molecule has 3 aromatic carbocycles. The quantitative estimate of drug-likeness (QED) is 0.692. The second kappa shape index (κ2) is 8.32. The van der Waals surface area contributed by atoms with Crippen molar-refractivity contribution < 1.29 is 9.59 Å². The third kappa shape index (κ3) is 4.42. The van der Waals surface area contributed by atoms with Crippen LogP contribution in [0.4, 0.5) is 5.69 Å². The lowest BCUT2D eigenvalue weighted by Gasteiger charge is -2.16. The Morgan fingerprint density at radius 3 is 2.04 bits per heavy atom. The summed E-state index contributed by atoms with van der Waals surface area (Å²) < 4.78 is 0. The van der Waals surface area contributed by atoms with Crippen LogP contribution in [0.2, 0.25) is 0 Å². The molecule has 0 aliphatic carbocycles. The molecule has 0 aliphatic heterocycles. The van der Waals surface area contributed by atoms with Crippen LogP contribution in [-0.4, -0.2) is 11.8 Å². The summed E-state index contributed by atoms with van der Waals surface area (Å²) in [5.74, 6) is -0.462. The molecule has 2 amide bonds. The number of amides is 2. The SMILES string of the molecule is Cc1ccccc1C(=O)Nc1ccccc1C(=O)NC(C)c1ccccc1. The van der Waals surface area contributed by atoms with E-state index in [1.54, 1.807) is 30.3 Å². The number of aryl methyl sites for hydroxylation is 1. The molecule has 0 aromatic heterocycles. The number of hydrogen-bond acceptors (Lipinski definition) is 2. The average Bonchev–Trinajstić information content (AvgIpc) is 2.69. The molecule has 0 aliphatic rings. The zero-order valence-corrected chi connectivity index (χ0v) is 15.4. The van der Waals surface area contributed by atoms with Gasteiger partial charge in [-0.25, -0.2) is 0 Å². The van der Waals surface area contributed by atoms with E-state index in [1.165, 1.54) is 0 Å². The van der Waals surface area contributed by atoms with Gasteiger partial charge in [0.15, 0.2) is 0 Å². The van der Waals surface area contributed by atoms with Crippen molar-refractivity contribution >= 4 is 17.5 Å². The Bertz CT molecular complexity index is 951. The van der Waals surface area contributed by atoms with Crippen LogP contribution >= 0.6 is 0 Å². The van der Waals surface area contributed by atoms with Crippen molar-refractivity contribution in [3.63, 3.8) is 0 Å². The van der Waals surface area contributed by atoms with E-state index in [0.717, 1.165) is 11.1 Å². The van der Waals surface area contributed by atoms with Crippen LogP contribution in [0, 0.1) is 6.92 Å². The monoisotopic (exact) mass is 358 g/mol. The van der Waals surface area contributed by atoms with Crippen LogP contribution in [0.3, 0.4) is 0 Å². The number of para-hydroxylation sites is 1. The topological polar surface area (TPSA) is 58.2 Å². The minimum atomic E-state index is -0.232. The standard InChI is InChI=1S/C23H22N2O2/c1-16-10-6-7-13-19(16)22(26)25-21-15-9-8-14-20(21)23(27)24-17(2)18-11-4-3-5-12-18/h3-15,17H,1-2H3,(H,24,27)(H,25,26). The molecule has 1 atom stereocenters. The molecule has 27 heavy (non-hydrogen) atoms. The highest BCUT2D eigenvalue weighted by molar-refractivity contribution is 6.09. The number of rotatable bonds is 5. The second-order valence-corrected chi connectivity index (χ2v) is 6.42. The first-order valence-electron chi connectivity index (χ1n) is 8.88. The highest BCUT2D eigenvalue weighted by Crippen LogP contribution is 2.19. The van der Waals surface area contributed by atoms with Crippen molar-refractivity contribution in [2.45, 2.75) is 19.9 Å². The molecule has 0 fully saturated rings. The van der Waals surface area contributed by atoms with Gasteiger partial charge in [-0.15, -0.1) is 0 Å². The number of benzene rings is 3. The van der Waals surface area contributed by atoms with E-state index in [-0.39, 0.29) is 17.9 Å². The highest BCUT2D eigenvalue weighted by atomic mass is 16.2. The van der Waals surface area contributed by atoms with Gasteiger partial charge in [0.2, 0.25) is 0 Å². The fourth-order valence-electron chi connectivity index (χ4n) is 2.91. The maximum atomic E-state index is 12.8. The molecule has 1 unspecified atom stereocenters. The summed E-state index contributed by atoms with van der Waals surface area (Å²) in [7, 11) is 0. The van der Waals surface area contributed by atoms with Gasteiger partial charge in [0.25, 0.3) is 11.8 Å². The van der Waals surface area contributed by atoms with Crippen LogP contribution in [0.1, 0.15) is 44.8 Å². The van der Waals surface area contributed by atoms with Gasteiger partial charge in [-0.05, 0) is 43.2 Å². The van der Waals surface area contributed by atoms with Crippen LogP contribution < -0.4 is 10.6 Å². The fourth-order valence-corrected chi connectivity index (χ4v) is 2.91. The van der Waals surface area contributed by atoms with Crippen molar-refractivity contribution in [3.8, 4) is 0 Å². The van der Waals surface area contributed by atoms with Crippen LogP contribution in [0.15, 0.2) is 78.9 Å². The molecule has 0 spiro atoms. The van der Waals surface area contributed by atoms with Gasteiger partial charge < -0.3 is 10.6 Å². The molecule has 0 saturated carbocycles. The van der Waals surface area contributed by atoms with Gasteiger partial charge in [-0.3, -0.25) is 9.59 Å². The van der Waals surface area contributed by atoms with Gasteiger partial charge in [0, 0.05) is 5.56 Å². The first-order valence-corrected chi connectivity index (χ1v) is 8.88. The lowest BCUT2D eigenvalue weighted by Crippen LogP contribution is -2.28. The Kier molecular flexibility index (Phi) is 5.67. The van der Waals surface area contributed by atoms with Gasteiger partial charge in [-0.2, -0.15) is 0 Å². The smallest absolute Gasteiger partial charge is 0.255 e. The molecular formula is C23H22N2O2. The lowest BCUT2D eigenvalue weighted by atomic mass is 10.1. The van der Waals surface area contributed by atoms with E-state index < -0.39 is 0 Å². The first kappa shape index (κ1) is 18.4. The van der Waals surface area contributed by atoms with Crippen LogP contribution in [0.25, 0.3) is 0 Å². The number of hydrogen-bond donors (Lipinski definition) is 2. The maximum Gasteiger partial charge on any atom is 0.255 e. The molecule has 2 N–H and O–H groups in total. The third-order valence-electron chi connectivity index (χ3n) is 4.46. The van der Waals surface area contributed by atoms with Gasteiger partial charge in [-0.1, -0.05) is 60.7 Å². The Hall–Kier alpha value is -3.40. The largest absolute Gasteiger partial charge is 0.345 e. The number of carbonyl (C=O) groups excluding carboxylic acids is 2. The average molecular weight is 358 g/mol. The van der Waals surface area contributed by atoms with E-state index in [0.29, 0.717) is 16.8 Å². The molecule has 3 aromatic rings. The molecule has 0 radical (unpaired) electrons. The predicted molar refractivity (Wildman–Crippen MR) is 108 cm³/mol. The normalized spacial score (nSPS) is 11.5. The maximum absolute atomic E-state index is 12.8. The zero-order valence-electron chi connectivity index (χ0n) is 15.4. The third-order valence-corrected chi connectivity index (χ3v) is 4.46. The molecule has 0 heterocycles. The Morgan fingerprint density at radius 2 is 1.33 bits per heavy atom. The van der Waals surface area contributed by atoms with Crippen molar-refractivity contribution in [2.75, 3.05) is 5.32 Å². The van der Waals surface area contributed by atoms with Crippen molar-refractivity contribution in [1.29, 1.82) is 0 Å². The Labute approximate surface area is 159 Å². The van der Waals surface area contributed by atoms with E-state index in [2.05, 4.69) is 10.6 Å². The van der Waals surface area contributed by atoms with Gasteiger partial charge >= 0.3 is 0 Å². The summed E-state index contributed by atoms with van der Waals surface area (Å²) in [5.41, 5.74) is 3.41. The highest BCUT2D eigenvalue weighted by Gasteiger charge is 2.17. The molecule has 4 heteroatoms. The van der Waals surface area contributed by atoms with Crippen LogP contribution in [0.5, 0.6) is 0 Å². The summed E-state index contributed by atoms with van der Waals surface area (Å²) in [5, 5.41) is 5.85. The summed E-state index contributed by atoms with van der Waals surface area (Å²) in [6.07, 6.45) is 0. The first-order chi connectivity index (χ1) is 13.1. The number of carbonyl (C=O) groups is 2. The molecular weight excluding hydrogens is 336 g/mol. The number of anilines is 1. The minimum absolute atomic E-state index is 0.140. The lowest BCUT2D eigenvalue weighted by molar-refractivity contribution is 0.0941. The van der Waals surface area contributed by atoms with Gasteiger partial charge in [0.05, 0.1) is 17.3 Å². The molecule has 0 saturated heterocycles. The van der Waals surface area contributed by atoms with E-state index in [9.17, 15) is 9.59 Å². The van der Waals surface area contributed by atoms with Crippen LogP contribution in [-0.2, 0) is 0 Å². The van der Waals surface area contributed by atoms with Crippen molar-refractivity contribution in [2.24, 2.45) is 0 Å². The van der Waals surface area contributed by atoms with Crippen molar-refractivity contribution in [3.05, 3.63) is 101 Å². The predicted octanol–water partition coefficient (Wildman–Crippen LogP) is 4.74. The molecule has 136 valence electrons. The molecule has 0 bridgehead atoms. The fraction of sp³-hybridized carbons (Fsp3) is 0.130. The summed E-state index contributed by atoms with van der Waals surface area (Å²) in [6, 6.07) is 24.0. The van der Waals surface area contributed by atoms with E-state index >= 15 is 0 Å². The van der Waals surface area contributed by atoms with E-state index in [1.807, 2.05) is 62.4 Å². The molecule has 4 nitrogen and oxygen atoms in total. The van der Waals surface area contributed by atoms with E-state index in [4.69, 9.17) is 0 Å². The summed E-state index contributed by atoms with van der Waals surface area (Å²) in [6.45, 7) is 3.82. The number of nitrogens with one attached hydrogen (secondary N) is 2. The minimum Gasteiger partial charge on any atom is -0.345 e. The summed E-state index contributed by atoms with van der Waals surface area (Å²) >= 11 is 0. The Balaban J connectivity index is 1.78. The van der Waals surface area contributed by atoms with Gasteiger partial charge in [0.1, 0.15) is 0 Å². The summed E-state index contributed by atoms with van der Waals surface area (Å²) in [4.78, 5) is 25.4. The van der Waals surface area contributed by atoms with Crippen molar-refractivity contribution in [1.82, 2.24) is 5.32 Å². The second-order valence-electron chi connectivity index (χ2n) is 6.42. The molecule has 3 rings (SSSR count). The zero-order chi connectivity index (χ0) is 19.2. The Morgan fingerprint density at radius 1 is 0.741 bits per heavy atom.